The van der Waals surface area contributed by atoms with Gasteiger partial charge in [0.15, 0.2) is 5.13 Å². The van der Waals surface area contributed by atoms with E-state index < -0.39 is 47.5 Å². The summed E-state index contributed by atoms with van der Waals surface area (Å²) in [4.78, 5) is 56.3. The number of anilines is 1. The van der Waals surface area contributed by atoms with Gasteiger partial charge in [0.05, 0.1) is 0 Å². The van der Waals surface area contributed by atoms with E-state index in [0.717, 1.165) is 28.2 Å². The van der Waals surface area contributed by atoms with Crippen molar-refractivity contribution in [2.45, 2.75) is 11.4 Å². The first-order valence-electron chi connectivity index (χ1n) is 7.41. The van der Waals surface area contributed by atoms with Crippen LogP contribution in [0.3, 0.4) is 0 Å². The van der Waals surface area contributed by atoms with Crippen LogP contribution in [0.25, 0.3) is 0 Å². The molecule has 1 aromatic rings. The number of nitrogens with two attached hydrogens (primary N) is 1. The summed E-state index contributed by atoms with van der Waals surface area (Å²) >= 11 is 1.88. The zero-order chi connectivity index (χ0) is 20.4. The van der Waals surface area contributed by atoms with Gasteiger partial charge in [0.25, 0.3) is 18.7 Å². The molecule has 0 aromatic carbocycles. The van der Waals surface area contributed by atoms with Crippen LogP contribution in [0.2, 0.25) is 0 Å². The van der Waals surface area contributed by atoms with Crippen LogP contribution in [0.4, 0.5) is 9.52 Å². The van der Waals surface area contributed by atoms with E-state index in [9.17, 15) is 28.7 Å². The molecule has 0 bridgehead atoms. The monoisotopic (exact) mass is 454 g/mol. The maximum absolute atomic E-state index is 12.5. The minimum atomic E-state index is -1.42. The normalized spacial score (nSPS) is 20.9. The summed E-state index contributed by atoms with van der Waals surface area (Å²) in [5.41, 5.74) is 4.50. The molecule has 3 heterocycles. The first-order valence-corrected chi connectivity index (χ1v) is 9.23. The second-order valence-corrected chi connectivity index (χ2v) is 7.18. The first-order chi connectivity index (χ1) is 13.4. The summed E-state index contributed by atoms with van der Waals surface area (Å²) in [5, 5.41) is 14.3. The second kappa shape index (κ2) is 9.62. The predicted octanol–water partition coefficient (Wildman–Crippen LogP) is -1.94. The van der Waals surface area contributed by atoms with Gasteiger partial charge >= 0.3 is 35.5 Å². The van der Waals surface area contributed by atoms with Crippen LogP contribution >= 0.6 is 23.3 Å². The number of carbonyl (C=O) groups excluding carboxylic acids is 3. The number of carbonyl (C=O) groups is 4. The Bertz CT molecular complexity index is 923. The zero-order valence-corrected chi connectivity index (χ0v) is 15.3. The minimum absolute atomic E-state index is 0. The Labute approximate surface area is 192 Å². The molecular weight excluding hydrogens is 442 g/mol. The van der Waals surface area contributed by atoms with E-state index in [4.69, 9.17) is 5.73 Å². The van der Waals surface area contributed by atoms with Gasteiger partial charge in [-0.15, -0.1) is 11.8 Å². The van der Waals surface area contributed by atoms with Crippen LogP contribution in [-0.2, 0) is 24.0 Å². The number of β-lactam (4-membered cyclic amide) rings is 1. The van der Waals surface area contributed by atoms with E-state index in [1.807, 2.05) is 0 Å². The Kier molecular flexibility index (Phi) is 7.70. The maximum atomic E-state index is 12.5. The average Bonchev–Trinajstić information content (AvgIpc) is 3.10. The van der Waals surface area contributed by atoms with Crippen molar-refractivity contribution < 1.29 is 33.5 Å². The predicted molar refractivity (Wildman–Crippen MR) is 101 cm³/mol. The average molecular weight is 454 g/mol. The SMILES string of the molecule is Nc1nc(/C(=N/OCF)C(=O)NC2C(=O)N3C(C(=O)O)=C(C=O)CSC23)ns1.[NaH]. The van der Waals surface area contributed by atoms with Gasteiger partial charge < -0.3 is 21.0 Å². The molecule has 2 aliphatic rings. The van der Waals surface area contributed by atoms with Gasteiger partial charge in [-0.1, -0.05) is 5.16 Å². The number of thioether (sulfide) groups is 1. The van der Waals surface area contributed by atoms with Crippen LogP contribution in [0.15, 0.2) is 16.4 Å². The molecule has 3 rings (SSSR count). The van der Waals surface area contributed by atoms with Crippen molar-refractivity contribution in [1.82, 2.24) is 19.6 Å². The number of aliphatic carboxylic acids is 1. The summed E-state index contributed by atoms with van der Waals surface area (Å²) in [7, 11) is 0. The molecule has 4 N–H and O–H groups in total. The molecular formula is C13H12FN6NaO6S2. The van der Waals surface area contributed by atoms with Crippen molar-refractivity contribution in [3.63, 3.8) is 0 Å². The molecule has 1 aromatic heterocycles. The molecule has 0 saturated carbocycles. The van der Waals surface area contributed by atoms with Crippen LogP contribution in [-0.4, -0.2) is 103 Å². The number of amides is 2. The third kappa shape index (κ3) is 4.42. The van der Waals surface area contributed by atoms with Crippen molar-refractivity contribution in [3.05, 3.63) is 17.1 Å². The number of hydrogen-bond donors (Lipinski definition) is 3. The standard InChI is InChI=1S/C13H11FN6O6S2.Na.H/c14-3-26-18-5(8-17-13(15)28-19-8)9(22)16-6-10(23)20-7(12(24)25)4(1-21)2-27-11(6)20;;/h1,6,11H,2-3H2,(H,16,22)(H,24,25)(H2,15,17,19);;/b18-5-;;. The van der Waals surface area contributed by atoms with Crippen molar-refractivity contribution >= 4 is 87.8 Å². The number of carboxylic acid groups (broad SMARTS) is 1. The molecule has 2 atom stereocenters. The summed E-state index contributed by atoms with van der Waals surface area (Å²) in [6.45, 7) is -1.31. The van der Waals surface area contributed by atoms with Crippen LogP contribution < -0.4 is 11.1 Å². The zero-order valence-electron chi connectivity index (χ0n) is 13.7. The van der Waals surface area contributed by atoms with E-state index in [2.05, 4.69) is 24.7 Å². The van der Waals surface area contributed by atoms with E-state index in [0.29, 0.717) is 6.29 Å². The number of halogens is 1. The first kappa shape index (κ1) is 23.2. The van der Waals surface area contributed by atoms with Gasteiger partial charge in [0.2, 0.25) is 11.5 Å². The number of alkyl halides is 1. The Morgan fingerprint density at radius 2 is 2.24 bits per heavy atom. The van der Waals surface area contributed by atoms with Gasteiger partial charge in [-0.05, 0) is 0 Å². The van der Waals surface area contributed by atoms with Crippen molar-refractivity contribution in [1.29, 1.82) is 0 Å². The number of nitrogen functional groups attached to an aromatic ring is 1. The van der Waals surface area contributed by atoms with E-state index >= 15 is 0 Å². The number of carboxylic acids is 1. The summed E-state index contributed by atoms with van der Waals surface area (Å²) in [6.07, 6.45) is 0.378. The topological polar surface area (TPSA) is 177 Å². The molecule has 1 fully saturated rings. The van der Waals surface area contributed by atoms with Gasteiger partial charge in [0, 0.05) is 22.9 Å². The third-order valence-electron chi connectivity index (χ3n) is 3.70. The van der Waals surface area contributed by atoms with E-state index in [1.165, 1.54) is 0 Å². The van der Waals surface area contributed by atoms with E-state index in [1.54, 1.807) is 0 Å². The fourth-order valence-corrected chi connectivity index (χ4v) is 4.27. The van der Waals surface area contributed by atoms with Crippen LogP contribution in [0.5, 0.6) is 0 Å². The second-order valence-electron chi connectivity index (χ2n) is 5.29. The fraction of sp³-hybridized carbons (Fsp3) is 0.308. The fourth-order valence-electron chi connectivity index (χ4n) is 2.55. The summed E-state index contributed by atoms with van der Waals surface area (Å²) in [5.74, 6) is -3.25. The van der Waals surface area contributed by atoms with Crippen molar-refractivity contribution in [3.8, 4) is 0 Å². The molecule has 0 aliphatic carbocycles. The number of rotatable bonds is 7. The Morgan fingerprint density at radius 3 is 2.79 bits per heavy atom. The van der Waals surface area contributed by atoms with Crippen molar-refractivity contribution in [2.75, 3.05) is 18.3 Å². The number of nitrogens with zero attached hydrogens (tertiary/aromatic N) is 4. The molecule has 2 unspecified atom stereocenters. The molecule has 29 heavy (non-hydrogen) atoms. The van der Waals surface area contributed by atoms with Gasteiger partial charge in [-0.25, -0.2) is 9.18 Å². The number of hydrogen-bond acceptors (Lipinski definition) is 11. The number of oxime groups is 1. The quantitative estimate of drug-likeness (QED) is 0.138. The summed E-state index contributed by atoms with van der Waals surface area (Å²) < 4.78 is 16.1. The van der Waals surface area contributed by atoms with Gasteiger partial charge in [0.1, 0.15) is 23.4 Å². The number of aldehydes is 1. The molecule has 2 aliphatic heterocycles. The Morgan fingerprint density at radius 1 is 1.52 bits per heavy atom. The Balaban J connectivity index is 0.00000300. The summed E-state index contributed by atoms with van der Waals surface area (Å²) in [6, 6.07) is -1.09. The van der Waals surface area contributed by atoms with Crippen LogP contribution in [0.1, 0.15) is 5.82 Å². The third-order valence-corrected chi connectivity index (χ3v) is 5.55. The molecule has 150 valence electrons. The van der Waals surface area contributed by atoms with Crippen molar-refractivity contribution in [2.24, 2.45) is 5.16 Å². The van der Waals surface area contributed by atoms with E-state index in [-0.39, 0.29) is 51.8 Å². The van der Waals surface area contributed by atoms with Gasteiger partial charge in [-0.2, -0.15) is 9.36 Å². The molecule has 16 heteroatoms. The molecule has 0 radical (unpaired) electrons. The number of nitrogens with one attached hydrogen (secondary N) is 1. The van der Waals surface area contributed by atoms with Gasteiger partial charge in [-0.3, -0.25) is 19.3 Å². The molecule has 0 spiro atoms. The number of aromatic nitrogens is 2. The molecule has 2 amide bonds. The Hall–Kier alpha value is -2.07. The molecule has 12 nitrogen and oxygen atoms in total. The number of fused-ring (bicyclic) bond motifs is 1. The van der Waals surface area contributed by atoms with Crippen LogP contribution in [0, 0.1) is 0 Å². The molecule has 1 saturated heterocycles.